The average Bonchev–Trinajstić information content (AvgIpc) is 3.09. The summed E-state index contributed by atoms with van der Waals surface area (Å²) in [6, 6.07) is 17.0. The lowest BCUT2D eigenvalue weighted by molar-refractivity contribution is 0.203. The number of urea groups is 1. The SMILES string of the molecule is O=C(Nc1ccccc1COc1ccccc1)N[C@H]1CCC[C@@H]1CO. The minimum absolute atomic E-state index is 0.0396. The smallest absolute Gasteiger partial charge is 0.319 e. The molecule has 3 rings (SSSR count). The zero-order chi connectivity index (χ0) is 17.5. The quantitative estimate of drug-likeness (QED) is 0.753. The molecule has 1 aliphatic rings. The van der Waals surface area contributed by atoms with Crippen LogP contribution in [0.2, 0.25) is 0 Å². The molecule has 3 N–H and O–H groups in total. The minimum Gasteiger partial charge on any atom is -0.489 e. The summed E-state index contributed by atoms with van der Waals surface area (Å²) in [4.78, 5) is 12.3. The molecule has 5 heteroatoms. The van der Waals surface area contributed by atoms with Gasteiger partial charge in [-0.1, -0.05) is 42.8 Å². The molecule has 2 amide bonds. The van der Waals surface area contributed by atoms with Crippen LogP contribution < -0.4 is 15.4 Å². The van der Waals surface area contributed by atoms with E-state index in [2.05, 4.69) is 10.6 Å². The van der Waals surface area contributed by atoms with Crippen molar-refractivity contribution < 1.29 is 14.6 Å². The lowest BCUT2D eigenvalue weighted by atomic mass is 10.1. The molecule has 2 atom stereocenters. The Balaban J connectivity index is 1.59. The van der Waals surface area contributed by atoms with Gasteiger partial charge in [0.15, 0.2) is 0 Å². The molecule has 0 saturated heterocycles. The van der Waals surface area contributed by atoms with Gasteiger partial charge in [-0.25, -0.2) is 4.79 Å². The normalized spacial score (nSPS) is 19.4. The van der Waals surface area contributed by atoms with Gasteiger partial charge in [-0.3, -0.25) is 0 Å². The highest BCUT2D eigenvalue weighted by molar-refractivity contribution is 5.90. The van der Waals surface area contributed by atoms with Crippen molar-refractivity contribution in [3.05, 3.63) is 60.2 Å². The van der Waals surface area contributed by atoms with Gasteiger partial charge in [0.1, 0.15) is 12.4 Å². The van der Waals surface area contributed by atoms with E-state index in [1.54, 1.807) is 0 Å². The third kappa shape index (κ3) is 4.73. The van der Waals surface area contributed by atoms with E-state index in [4.69, 9.17) is 4.74 Å². The second kappa shape index (κ2) is 8.53. The van der Waals surface area contributed by atoms with Crippen LogP contribution in [-0.2, 0) is 6.61 Å². The number of para-hydroxylation sites is 2. The first-order valence-electron chi connectivity index (χ1n) is 8.70. The Labute approximate surface area is 148 Å². The topological polar surface area (TPSA) is 70.6 Å². The number of anilines is 1. The Kier molecular flexibility index (Phi) is 5.90. The standard InChI is InChI=1S/C20H24N2O3/c23-13-15-8-6-12-18(15)21-20(24)22-19-11-5-4-7-16(19)14-25-17-9-2-1-3-10-17/h1-5,7,9-11,15,18,23H,6,8,12-14H2,(H2,21,22,24)/t15-,18+/m1/s1. The summed E-state index contributed by atoms with van der Waals surface area (Å²) in [5.74, 6) is 0.945. The van der Waals surface area contributed by atoms with Crippen LogP contribution >= 0.6 is 0 Å². The highest BCUT2D eigenvalue weighted by Crippen LogP contribution is 2.25. The van der Waals surface area contributed by atoms with Crippen LogP contribution in [0, 0.1) is 5.92 Å². The van der Waals surface area contributed by atoms with Crippen LogP contribution in [0.1, 0.15) is 24.8 Å². The van der Waals surface area contributed by atoms with Gasteiger partial charge in [-0.2, -0.15) is 0 Å². The molecule has 2 aromatic rings. The summed E-state index contributed by atoms with van der Waals surface area (Å²) in [6.45, 7) is 0.496. The van der Waals surface area contributed by atoms with Crippen LogP contribution in [0.4, 0.5) is 10.5 Å². The van der Waals surface area contributed by atoms with Gasteiger partial charge in [0.2, 0.25) is 0 Å². The average molecular weight is 340 g/mol. The van der Waals surface area contributed by atoms with E-state index >= 15 is 0 Å². The third-order valence-electron chi connectivity index (χ3n) is 4.61. The summed E-state index contributed by atoms with van der Waals surface area (Å²) in [7, 11) is 0. The van der Waals surface area contributed by atoms with Gasteiger partial charge in [0, 0.05) is 29.8 Å². The Hall–Kier alpha value is -2.53. The molecule has 132 valence electrons. The number of nitrogens with one attached hydrogen (secondary N) is 2. The van der Waals surface area contributed by atoms with Gasteiger partial charge in [-0.15, -0.1) is 0 Å². The Bertz CT molecular complexity index is 690. The third-order valence-corrected chi connectivity index (χ3v) is 4.61. The van der Waals surface area contributed by atoms with Crippen molar-refractivity contribution in [3.8, 4) is 5.75 Å². The van der Waals surface area contributed by atoms with Gasteiger partial charge < -0.3 is 20.5 Å². The van der Waals surface area contributed by atoms with Crippen LogP contribution in [-0.4, -0.2) is 23.8 Å². The minimum atomic E-state index is -0.238. The second-order valence-electron chi connectivity index (χ2n) is 6.34. The maximum atomic E-state index is 12.3. The zero-order valence-electron chi connectivity index (χ0n) is 14.2. The van der Waals surface area contributed by atoms with Crippen molar-refractivity contribution in [3.63, 3.8) is 0 Å². The molecule has 5 nitrogen and oxygen atoms in total. The fraction of sp³-hybridized carbons (Fsp3) is 0.350. The van der Waals surface area contributed by atoms with E-state index in [0.717, 1.165) is 36.3 Å². The number of hydrogen-bond donors (Lipinski definition) is 3. The van der Waals surface area contributed by atoms with Crippen molar-refractivity contribution in [2.75, 3.05) is 11.9 Å². The number of rotatable bonds is 6. The molecule has 1 aliphatic carbocycles. The molecule has 1 saturated carbocycles. The number of aliphatic hydroxyl groups excluding tert-OH is 1. The number of carbonyl (C=O) groups excluding carboxylic acids is 1. The van der Waals surface area contributed by atoms with E-state index in [9.17, 15) is 9.90 Å². The van der Waals surface area contributed by atoms with Gasteiger partial charge in [0.05, 0.1) is 0 Å². The predicted octanol–water partition coefficient (Wildman–Crippen LogP) is 3.55. The van der Waals surface area contributed by atoms with E-state index in [-0.39, 0.29) is 24.6 Å². The van der Waals surface area contributed by atoms with Crippen molar-refractivity contribution in [2.45, 2.75) is 31.9 Å². The molecule has 0 unspecified atom stereocenters. The highest BCUT2D eigenvalue weighted by Gasteiger charge is 2.27. The number of amides is 2. The lowest BCUT2D eigenvalue weighted by Gasteiger charge is -2.20. The largest absolute Gasteiger partial charge is 0.489 e. The Morgan fingerprint density at radius 3 is 2.64 bits per heavy atom. The maximum absolute atomic E-state index is 12.3. The van der Waals surface area contributed by atoms with E-state index in [1.165, 1.54) is 0 Å². The second-order valence-corrected chi connectivity index (χ2v) is 6.34. The molecule has 2 aromatic carbocycles. The first-order chi connectivity index (χ1) is 12.3. The van der Waals surface area contributed by atoms with Gasteiger partial charge >= 0.3 is 6.03 Å². The first-order valence-corrected chi connectivity index (χ1v) is 8.70. The molecule has 0 aromatic heterocycles. The number of carbonyl (C=O) groups is 1. The maximum Gasteiger partial charge on any atom is 0.319 e. The number of benzene rings is 2. The molecule has 0 bridgehead atoms. The van der Waals surface area contributed by atoms with Crippen molar-refractivity contribution in [2.24, 2.45) is 5.92 Å². The molecule has 0 radical (unpaired) electrons. The first kappa shape index (κ1) is 17.3. The summed E-state index contributed by atoms with van der Waals surface area (Å²) in [5.41, 5.74) is 1.64. The molecule has 0 heterocycles. The van der Waals surface area contributed by atoms with Crippen LogP contribution in [0.3, 0.4) is 0 Å². The fourth-order valence-electron chi connectivity index (χ4n) is 3.22. The summed E-state index contributed by atoms with van der Waals surface area (Å²) < 4.78 is 5.78. The molecule has 0 aliphatic heterocycles. The lowest BCUT2D eigenvalue weighted by Crippen LogP contribution is -2.41. The molecule has 0 spiro atoms. The Morgan fingerprint density at radius 2 is 1.84 bits per heavy atom. The van der Waals surface area contributed by atoms with E-state index < -0.39 is 0 Å². The molecular formula is C20H24N2O3. The van der Waals surface area contributed by atoms with Crippen molar-refractivity contribution in [1.82, 2.24) is 5.32 Å². The highest BCUT2D eigenvalue weighted by atomic mass is 16.5. The summed E-state index contributed by atoms with van der Waals surface area (Å²) in [5, 5.41) is 15.3. The summed E-state index contributed by atoms with van der Waals surface area (Å²) in [6.07, 6.45) is 2.91. The zero-order valence-corrected chi connectivity index (χ0v) is 14.2. The van der Waals surface area contributed by atoms with Gasteiger partial charge in [-0.05, 0) is 31.0 Å². The van der Waals surface area contributed by atoms with Crippen molar-refractivity contribution >= 4 is 11.7 Å². The van der Waals surface area contributed by atoms with Gasteiger partial charge in [0.25, 0.3) is 0 Å². The van der Waals surface area contributed by atoms with E-state index in [0.29, 0.717) is 6.61 Å². The van der Waals surface area contributed by atoms with Crippen molar-refractivity contribution in [1.29, 1.82) is 0 Å². The number of hydrogen-bond acceptors (Lipinski definition) is 3. The molecular weight excluding hydrogens is 316 g/mol. The number of ether oxygens (including phenoxy) is 1. The van der Waals surface area contributed by atoms with Crippen LogP contribution in [0.15, 0.2) is 54.6 Å². The van der Waals surface area contributed by atoms with Crippen LogP contribution in [0.5, 0.6) is 5.75 Å². The molecule has 25 heavy (non-hydrogen) atoms. The fourth-order valence-corrected chi connectivity index (χ4v) is 3.22. The van der Waals surface area contributed by atoms with E-state index in [1.807, 2.05) is 54.6 Å². The molecule has 1 fully saturated rings. The predicted molar refractivity (Wildman–Crippen MR) is 97.6 cm³/mol. The van der Waals surface area contributed by atoms with Crippen LogP contribution in [0.25, 0.3) is 0 Å². The monoisotopic (exact) mass is 340 g/mol. The Morgan fingerprint density at radius 1 is 1.08 bits per heavy atom. The summed E-state index contributed by atoms with van der Waals surface area (Å²) >= 11 is 0. The number of aliphatic hydroxyl groups is 1.